The molecule has 4 heteroatoms. The summed E-state index contributed by atoms with van der Waals surface area (Å²) in [6.45, 7) is 1.92. The van der Waals surface area contributed by atoms with Crippen LogP contribution in [0.15, 0.2) is 19.5 Å². The minimum Gasteiger partial charge on any atom is -0.506 e. The number of rotatable bonds is 0. The number of halogens is 3. The molecule has 0 spiro atoms. The molecule has 60 valence electrons. The highest BCUT2D eigenvalue weighted by Gasteiger charge is 2.08. The molecule has 0 unspecified atom stereocenters. The highest BCUT2D eigenvalue weighted by Crippen LogP contribution is 2.38. The van der Waals surface area contributed by atoms with E-state index in [4.69, 9.17) is 0 Å². The van der Waals surface area contributed by atoms with Gasteiger partial charge in [0.2, 0.25) is 0 Å². The lowest BCUT2D eigenvalue weighted by atomic mass is 10.2. The van der Waals surface area contributed by atoms with Crippen molar-refractivity contribution in [3.8, 4) is 5.75 Å². The first-order valence-corrected chi connectivity index (χ1v) is 5.25. The molecule has 1 nitrogen and oxygen atoms in total. The van der Waals surface area contributed by atoms with E-state index in [1.807, 2.05) is 13.0 Å². The normalized spacial score (nSPS) is 10.2. The van der Waals surface area contributed by atoms with E-state index >= 15 is 0 Å². The smallest absolute Gasteiger partial charge is 0.144 e. The Bertz CT molecular complexity index is 270. The molecule has 0 saturated carbocycles. The molecule has 0 radical (unpaired) electrons. The van der Waals surface area contributed by atoms with Gasteiger partial charge in [-0.1, -0.05) is 15.9 Å². The summed E-state index contributed by atoms with van der Waals surface area (Å²) in [6.07, 6.45) is 0. The van der Waals surface area contributed by atoms with Crippen LogP contribution in [0.2, 0.25) is 0 Å². The summed E-state index contributed by atoms with van der Waals surface area (Å²) in [5.74, 6) is 0.241. The van der Waals surface area contributed by atoms with Crippen molar-refractivity contribution >= 4 is 47.8 Å². The number of hydrogen-bond donors (Lipinski definition) is 1. The van der Waals surface area contributed by atoms with E-state index in [-0.39, 0.29) is 5.75 Å². The minimum atomic E-state index is 0.241. The average molecular weight is 345 g/mol. The molecule has 0 amide bonds. The molecule has 1 aromatic carbocycles. The maximum absolute atomic E-state index is 9.40. The maximum atomic E-state index is 9.40. The van der Waals surface area contributed by atoms with Crippen LogP contribution in [0.3, 0.4) is 0 Å². The van der Waals surface area contributed by atoms with Crippen LogP contribution in [0.25, 0.3) is 0 Å². The third kappa shape index (κ3) is 1.79. The summed E-state index contributed by atoms with van der Waals surface area (Å²) in [4.78, 5) is 0. The monoisotopic (exact) mass is 342 g/mol. The van der Waals surface area contributed by atoms with E-state index in [9.17, 15) is 5.11 Å². The summed E-state index contributed by atoms with van der Waals surface area (Å²) < 4.78 is 2.37. The van der Waals surface area contributed by atoms with E-state index in [0.29, 0.717) is 4.47 Å². The Morgan fingerprint density at radius 3 is 2.27 bits per heavy atom. The van der Waals surface area contributed by atoms with Gasteiger partial charge >= 0.3 is 0 Å². The lowest BCUT2D eigenvalue weighted by molar-refractivity contribution is 0.467. The molecule has 0 aliphatic rings. The lowest BCUT2D eigenvalue weighted by Crippen LogP contribution is -1.80. The molecular weight excluding hydrogens is 340 g/mol. The Kier molecular flexibility index (Phi) is 3.00. The topological polar surface area (TPSA) is 20.2 Å². The molecule has 0 atom stereocenters. The molecule has 1 rings (SSSR count). The Morgan fingerprint density at radius 2 is 1.73 bits per heavy atom. The molecule has 0 fully saturated rings. The quantitative estimate of drug-likeness (QED) is 0.754. The van der Waals surface area contributed by atoms with Gasteiger partial charge in [0.05, 0.1) is 8.95 Å². The van der Waals surface area contributed by atoms with E-state index in [2.05, 4.69) is 47.8 Å². The van der Waals surface area contributed by atoms with E-state index in [1.54, 1.807) is 0 Å². The first kappa shape index (κ1) is 9.55. The van der Waals surface area contributed by atoms with Crippen LogP contribution < -0.4 is 0 Å². The van der Waals surface area contributed by atoms with Crippen LogP contribution >= 0.6 is 47.8 Å². The molecule has 1 N–H and O–H groups in total. The fourth-order valence-electron chi connectivity index (χ4n) is 0.675. The van der Waals surface area contributed by atoms with Gasteiger partial charge in [-0.05, 0) is 50.4 Å². The van der Waals surface area contributed by atoms with E-state index in [0.717, 1.165) is 14.5 Å². The summed E-state index contributed by atoms with van der Waals surface area (Å²) >= 11 is 9.85. The van der Waals surface area contributed by atoms with Gasteiger partial charge in [0.1, 0.15) is 5.75 Å². The Morgan fingerprint density at radius 1 is 1.18 bits per heavy atom. The van der Waals surface area contributed by atoms with Gasteiger partial charge in [-0.25, -0.2) is 0 Å². The van der Waals surface area contributed by atoms with Crippen LogP contribution in [0.4, 0.5) is 0 Å². The third-order valence-electron chi connectivity index (χ3n) is 1.38. The van der Waals surface area contributed by atoms with Crippen molar-refractivity contribution in [1.82, 2.24) is 0 Å². The molecule has 11 heavy (non-hydrogen) atoms. The summed E-state index contributed by atoms with van der Waals surface area (Å²) in [5.41, 5.74) is 0.991. The highest BCUT2D eigenvalue weighted by atomic mass is 79.9. The number of phenols is 1. The largest absolute Gasteiger partial charge is 0.506 e. The van der Waals surface area contributed by atoms with Gasteiger partial charge in [-0.15, -0.1) is 0 Å². The van der Waals surface area contributed by atoms with Crippen molar-refractivity contribution in [1.29, 1.82) is 0 Å². The fraction of sp³-hybridized carbons (Fsp3) is 0.143. The number of phenolic OH excluding ortho intramolecular Hbond substituents is 1. The first-order chi connectivity index (χ1) is 5.04. The Balaban J connectivity index is 3.46. The first-order valence-electron chi connectivity index (χ1n) is 2.87. The van der Waals surface area contributed by atoms with Crippen LogP contribution in [-0.4, -0.2) is 5.11 Å². The second kappa shape index (κ2) is 3.46. The van der Waals surface area contributed by atoms with Gasteiger partial charge in [-0.2, -0.15) is 0 Å². The van der Waals surface area contributed by atoms with Crippen molar-refractivity contribution in [3.05, 3.63) is 25.0 Å². The van der Waals surface area contributed by atoms with Gasteiger partial charge < -0.3 is 5.11 Å². The zero-order valence-electron chi connectivity index (χ0n) is 5.66. The summed E-state index contributed by atoms with van der Waals surface area (Å²) in [6, 6.07) is 1.81. The predicted octanol–water partition coefficient (Wildman–Crippen LogP) is 3.99. The lowest BCUT2D eigenvalue weighted by Gasteiger charge is -2.05. The fourth-order valence-corrected chi connectivity index (χ4v) is 2.80. The number of benzene rings is 1. The number of hydrogen-bond acceptors (Lipinski definition) is 1. The Labute approximate surface area is 90.2 Å². The van der Waals surface area contributed by atoms with Crippen molar-refractivity contribution in [2.75, 3.05) is 0 Å². The second-order valence-corrected chi connectivity index (χ2v) is 4.63. The van der Waals surface area contributed by atoms with Crippen molar-refractivity contribution in [2.45, 2.75) is 6.92 Å². The van der Waals surface area contributed by atoms with Crippen LogP contribution in [0, 0.1) is 6.92 Å². The van der Waals surface area contributed by atoms with Crippen molar-refractivity contribution in [3.63, 3.8) is 0 Å². The SMILES string of the molecule is Cc1c(Br)cc(Br)c(O)c1Br. The predicted molar refractivity (Wildman–Crippen MR) is 55.9 cm³/mol. The van der Waals surface area contributed by atoms with Gasteiger partial charge in [-0.3, -0.25) is 0 Å². The highest BCUT2D eigenvalue weighted by molar-refractivity contribution is 9.11. The maximum Gasteiger partial charge on any atom is 0.144 e. The molecule has 0 heterocycles. The third-order valence-corrected chi connectivity index (χ3v) is 3.77. The van der Waals surface area contributed by atoms with Crippen molar-refractivity contribution < 1.29 is 5.11 Å². The standard InChI is InChI=1S/C7H5Br3O/c1-3-4(8)2-5(9)7(11)6(3)10/h2,11H,1H3. The summed E-state index contributed by atoms with van der Waals surface area (Å²) in [5, 5.41) is 9.40. The van der Waals surface area contributed by atoms with Crippen LogP contribution in [-0.2, 0) is 0 Å². The van der Waals surface area contributed by atoms with Crippen LogP contribution in [0.1, 0.15) is 5.56 Å². The Hall–Kier alpha value is 0.460. The van der Waals surface area contributed by atoms with Gasteiger partial charge in [0.15, 0.2) is 0 Å². The number of aromatic hydroxyl groups is 1. The van der Waals surface area contributed by atoms with Crippen LogP contribution in [0.5, 0.6) is 5.75 Å². The molecule has 0 aliphatic carbocycles. The van der Waals surface area contributed by atoms with E-state index < -0.39 is 0 Å². The zero-order chi connectivity index (χ0) is 8.59. The van der Waals surface area contributed by atoms with Crippen molar-refractivity contribution in [2.24, 2.45) is 0 Å². The minimum absolute atomic E-state index is 0.241. The molecular formula is C7H5Br3O. The summed E-state index contributed by atoms with van der Waals surface area (Å²) in [7, 11) is 0. The molecule has 0 bridgehead atoms. The molecule has 0 aliphatic heterocycles. The van der Waals surface area contributed by atoms with E-state index in [1.165, 1.54) is 0 Å². The molecule has 0 aromatic heterocycles. The van der Waals surface area contributed by atoms with Gasteiger partial charge in [0, 0.05) is 4.47 Å². The second-order valence-electron chi connectivity index (χ2n) is 2.13. The molecule has 0 saturated heterocycles. The van der Waals surface area contributed by atoms with Gasteiger partial charge in [0.25, 0.3) is 0 Å². The average Bonchev–Trinajstić information content (AvgIpc) is 1.97. The molecule has 1 aromatic rings. The zero-order valence-corrected chi connectivity index (χ0v) is 10.4.